The molecule has 226 valence electrons. The van der Waals surface area contributed by atoms with Gasteiger partial charge >= 0.3 is 5.97 Å². The molecule has 0 atom stereocenters. The Morgan fingerprint density at radius 2 is 1.79 bits per heavy atom. The zero-order valence-electron chi connectivity index (χ0n) is 23.3. The van der Waals surface area contributed by atoms with Crippen molar-refractivity contribution in [2.24, 2.45) is 0 Å². The maximum absolute atomic E-state index is 16.0. The Morgan fingerprint density at radius 3 is 2.51 bits per heavy atom. The van der Waals surface area contributed by atoms with Crippen LogP contribution in [-0.4, -0.2) is 60.3 Å². The summed E-state index contributed by atoms with van der Waals surface area (Å²) in [4.78, 5) is 17.1. The number of pyridine rings is 1. The van der Waals surface area contributed by atoms with Crippen molar-refractivity contribution in [3.63, 3.8) is 0 Å². The van der Waals surface area contributed by atoms with E-state index < -0.39 is 38.1 Å². The summed E-state index contributed by atoms with van der Waals surface area (Å²) in [5.74, 6) is -3.27. The summed E-state index contributed by atoms with van der Waals surface area (Å²) in [6, 6.07) is 9.68. The molecule has 0 bridgehead atoms. The molecule has 2 aromatic carbocycles. The highest BCUT2D eigenvalue weighted by Gasteiger charge is 2.27. The van der Waals surface area contributed by atoms with E-state index in [1.54, 1.807) is 36.1 Å². The number of sulfonamides is 1. The third-order valence-corrected chi connectivity index (χ3v) is 8.65. The lowest BCUT2D eigenvalue weighted by Gasteiger charge is -2.31. The Bertz CT molecular complexity index is 1710. The van der Waals surface area contributed by atoms with Gasteiger partial charge in [0.2, 0.25) is 0 Å². The highest BCUT2D eigenvalue weighted by atomic mass is 32.2. The molecule has 2 aromatic heterocycles. The SMILES string of the molecule is CCOC(=O)CCN1CCC(n2cc(-c3ccncc3)c(-c3cccc(NS(=O)(=O)c4cc(F)ccc4F)c3F)n2)CC1. The van der Waals surface area contributed by atoms with E-state index in [-0.39, 0.29) is 23.3 Å². The number of rotatable bonds is 10. The summed E-state index contributed by atoms with van der Waals surface area (Å²) in [6.45, 7) is 4.21. The summed E-state index contributed by atoms with van der Waals surface area (Å²) < 4.78 is 78.5. The Morgan fingerprint density at radius 1 is 1.05 bits per heavy atom. The van der Waals surface area contributed by atoms with Gasteiger partial charge in [0.15, 0.2) is 5.82 Å². The van der Waals surface area contributed by atoms with Crippen LogP contribution in [0.2, 0.25) is 0 Å². The van der Waals surface area contributed by atoms with Gasteiger partial charge in [-0.15, -0.1) is 0 Å². The quantitative estimate of drug-likeness (QED) is 0.238. The van der Waals surface area contributed by atoms with E-state index in [0.717, 1.165) is 37.6 Å². The Hall–Kier alpha value is -4.23. The molecule has 1 aliphatic rings. The number of nitrogens with one attached hydrogen (secondary N) is 1. The van der Waals surface area contributed by atoms with Gasteiger partial charge in [-0.3, -0.25) is 19.2 Å². The van der Waals surface area contributed by atoms with Gasteiger partial charge in [-0.1, -0.05) is 6.07 Å². The minimum absolute atomic E-state index is 0.00822. The molecule has 0 amide bonds. The van der Waals surface area contributed by atoms with Crippen LogP contribution in [-0.2, 0) is 19.6 Å². The number of carbonyl (C=O) groups excluding carboxylic acids is 1. The molecular formula is C30H30F3N5O4S. The number of nitrogens with zero attached hydrogens (tertiary/aromatic N) is 4. The average molecular weight is 614 g/mol. The topological polar surface area (TPSA) is 106 Å². The van der Waals surface area contributed by atoms with Crippen molar-refractivity contribution < 1.29 is 31.1 Å². The maximum atomic E-state index is 16.0. The van der Waals surface area contributed by atoms with Gasteiger partial charge in [0, 0.05) is 49.4 Å². The van der Waals surface area contributed by atoms with E-state index in [2.05, 4.69) is 14.6 Å². The summed E-state index contributed by atoms with van der Waals surface area (Å²) in [5.41, 5.74) is 1.22. The highest BCUT2D eigenvalue weighted by molar-refractivity contribution is 7.92. The fraction of sp³-hybridized carbons (Fsp3) is 0.300. The van der Waals surface area contributed by atoms with Crippen LogP contribution in [0.3, 0.4) is 0 Å². The molecule has 1 saturated heterocycles. The maximum Gasteiger partial charge on any atom is 0.307 e. The predicted molar refractivity (Wildman–Crippen MR) is 154 cm³/mol. The first-order valence-corrected chi connectivity index (χ1v) is 15.3. The molecule has 0 radical (unpaired) electrons. The lowest BCUT2D eigenvalue weighted by atomic mass is 10.0. The van der Waals surface area contributed by atoms with Gasteiger partial charge in [-0.2, -0.15) is 5.10 Å². The first-order valence-electron chi connectivity index (χ1n) is 13.8. The van der Waals surface area contributed by atoms with Gasteiger partial charge in [-0.25, -0.2) is 21.6 Å². The van der Waals surface area contributed by atoms with Gasteiger partial charge in [-0.05, 0) is 67.8 Å². The molecule has 1 N–H and O–H groups in total. The van der Waals surface area contributed by atoms with Crippen molar-refractivity contribution >= 4 is 21.7 Å². The first-order chi connectivity index (χ1) is 20.7. The molecule has 5 rings (SSSR count). The average Bonchev–Trinajstić information content (AvgIpc) is 3.44. The second-order valence-corrected chi connectivity index (χ2v) is 11.7. The summed E-state index contributed by atoms with van der Waals surface area (Å²) >= 11 is 0. The molecule has 1 aliphatic heterocycles. The van der Waals surface area contributed by atoms with Gasteiger partial charge in [0.1, 0.15) is 22.2 Å². The van der Waals surface area contributed by atoms with Crippen LogP contribution in [0.25, 0.3) is 22.4 Å². The molecule has 1 fully saturated rings. The normalized spacial score (nSPS) is 14.5. The van der Waals surface area contributed by atoms with E-state index in [1.807, 2.05) is 6.20 Å². The number of hydrogen-bond donors (Lipinski definition) is 1. The van der Waals surface area contributed by atoms with Crippen molar-refractivity contribution in [2.45, 2.75) is 37.1 Å². The van der Waals surface area contributed by atoms with E-state index in [9.17, 15) is 22.0 Å². The molecule has 0 aliphatic carbocycles. The largest absolute Gasteiger partial charge is 0.466 e. The van der Waals surface area contributed by atoms with Crippen LogP contribution >= 0.6 is 0 Å². The summed E-state index contributed by atoms with van der Waals surface area (Å²) in [5, 5.41) is 4.76. The van der Waals surface area contributed by atoms with Gasteiger partial charge in [0.05, 0.1) is 24.8 Å². The van der Waals surface area contributed by atoms with Crippen molar-refractivity contribution in [2.75, 3.05) is 31.0 Å². The fourth-order valence-electron chi connectivity index (χ4n) is 5.09. The molecule has 3 heterocycles. The second-order valence-electron chi connectivity index (χ2n) is 10.1. The molecule has 4 aromatic rings. The third-order valence-electron chi connectivity index (χ3n) is 7.27. The minimum Gasteiger partial charge on any atom is -0.466 e. The summed E-state index contributed by atoms with van der Waals surface area (Å²) in [7, 11) is -4.65. The second kappa shape index (κ2) is 13.0. The van der Waals surface area contributed by atoms with Crippen LogP contribution in [0.1, 0.15) is 32.2 Å². The first kappa shape index (κ1) is 30.2. The number of halogens is 3. The smallest absolute Gasteiger partial charge is 0.307 e. The van der Waals surface area contributed by atoms with E-state index in [1.165, 1.54) is 18.2 Å². The van der Waals surface area contributed by atoms with Crippen LogP contribution < -0.4 is 4.72 Å². The number of piperidine rings is 1. The van der Waals surface area contributed by atoms with Gasteiger partial charge < -0.3 is 9.64 Å². The molecule has 43 heavy (non-hydrogen) atoms. The van der Waals surface area contributed by atoms with Crippen LogP contribution in [0.4, 0.5) is 18.9 Å². The Balaban J connectivity index is 1.43. The van der Waals surface area contributed by atoms with Crippen LogP contribution in [0.5, 0.6) is 0 Å². The zero-order valence-corrected chi connectivity index (χ0v) is 24.2. The number of aromatic nitrogens is 3. The zero-order chi connectivity index (χ0) is 30.6. The summed E-state index contributed by atoms with van der Waals surface area (Å²) in [6.07, 6.45) is 6.87. The number of benzene rings is 2. The van der Waals surface area contributed by atoms with Crippen molar-refractivity contribution in [1.82, 2.24) is 19.7 Å². The molecular weight excluding hydrogens is 583 g/mol. The number of ether oxygens (including phenoxy) is 1. The minimum atomic E-state index is -4.65. The fourth-order valence-corrected chi connectivity index (χ4v) is 6.24. The standard InChI is InChI=1S/C30H30F3N5O4S/c1-2-42-28(39)12-17-37-15-10-22(11-16-37)38-19-24(20-8-13-34-14-9-20)30(35-38)23-4-3-5-26(29(23)33)36-43(40,41)27-18-21(31)6-7-25(27)32/h3-9,13-14,18-19,22,36H,2,10-12,15-17H2,1H3. The van der Waals surface area contributed by atoms with Crippen LogP contribution in [0.15, 0.2) is 72.0 Å². The molecule has 0 spiro atoms. The number of likely N-dealkylation sites (tertiary alicyclic amines) is 1. The monoisotopic (exact) mass is 613 g/mol. The number of hydrogen-bond acceptors (Lipinski definition) is 7. The molecule has 9 nitrogen and oxygen atoms in total. The Labute approximate surface area is 247 Å². The number of esters is 1. The lowest BCUT2D eigenvalue weighted by Crippen LogP contribution is -2.36. The van der Waals surface area contributed by atoms with Crippen LogP contribution in [0, 0.1) is 17.5 Å². The van der Waals surface area contributed by atoms with Crippen molar-refractivity contribution in [3.05, 3.63) is 84.6 Å². The van der Waals surface area contributed by atoms with Gasteiger partial charge in [0.25, 0.3) is 10.0 Å². The van der Waals surface area contributed by atoms with E-state index >= 15 is 4.39 Å². The van der Waals surface area contributed by atoms with Crippen molar-refractivity contribution in [1.29, 1.82) is 0 Å². The third kappa shape index (κ3) is 6.89. The number of anilines is 1. The molecule has 0 saturated carbocycles. The lowest BCUT2D eigenvalue weighted by molar-refractivity contribution is -0.143. The Kier molecular flexibility index (Phi) is 9.11. The predicted octanol–water partition coefficient (Wildman–Crippen LogP) is 5.42. The number of carbonyl (C=O) groups is 1. The van der Waals surface area contributed by atoms with Crippen molar-refractivity contribution in [3.8, 4) is 22.4 Å². The highest BCUT2D eigenvalue weighted by Crippen LogP contribution is 2.37. The van der Waals surface area contributed by atoms with E-state index in [4.69, 9.17) is 9.84 Å². The molecule has 13 heteroatoms. The van der Waals surface area contributed by atoms with E-state index in [0.29, 0.717) is 37.3 Å². The molecule has 0 unspecified atom stereocenters.